The summed E-state index contributed by atoms with van der Waals surface area (Å²) in [5.74, 6) is 2.04. The predicted molar refractivity (Wildman–Crippen MR) is 84.1 cm³/mol. The van der Waals surface area contributed by atoms with Gasteiger partial charge in [-0.2, -0.15) is 0 Å². The van der Waals surface area contributed by atoms with Crippen LogP contribution in [0.2, 0.25) is 0 Å². The number of rotatable bonds is 3. The molecule has 20 heavy (non-hydrogen) atoms. The molecule has 1 N–H and O–H groups in total. The lowest BCUT2D eigenvalue weighted by atomic mass is 9.87. The SMILES string of the molecule is Cc1cn(C2CCCCC2)c(NC2CCC(C)CC2)n1. The number of aryl methyl sites for hydroxylation is 1. The fourth-order valence-electron chi connectivity index (χ4n) is 3.85. The molecule has 2 fully saturated rings. The highest BCUT2D eigenvalue weighted by molar-refractivity contribution is 5.31. The van der Waals surface area contributed by atoms with Gasteiger partial charge in [0.25, 0.3) is 0 Å². The van der Waals surface area contributed by atoms with E-state index in [0.717, 1.165) is 17.6 Å². The minimum Gasteiger partial charge on any atom is -0.353 e. The zero-order valence-electron chi connectivity index (χ0n) is 13.1. The first-order valence-electron chi connectivity index (χ1n) is 8.54. The first-order chi connectivity index (χ1) is 9.72. The average molecular weight is 275 g/mol. The monoisotopic (exact) mass is 275 g/mol. The van der Waals surface area contributed by atoms with E-state index < -0.39 is 0 Å². The Hall–Kier alpha value is -0.990. The second kappa shape index (κ2) is 6.19. The number of imidazole rings is 1. The summed E-state index contributed by atoms with van der Waals surface area (Å²) < 4.78 is 2.44. The standard InChI is InChI=1S/C17H29N3/c1-13-8-10-15(11-9-13)19-17-18-14(2)12-20(17)16-6-4-3-5-7-16/h12-13,15-16H,3-11H2,1-2H3,(H,18,19). The van der Waals surface area contributed by atoms with Crippen molar-refractivity contribution in [3.63, 3.8) is 0 Å². The van der Waals surface area contributed by atoms with Gasteiger partial charge < -0.3 is 9.88 Å². The third-order valence-electron chi connectivity index (χ3n) is 5.17. The molecule has 3 nitrogen and oxygen atoms in total. The van der Waals surface area contributed by atoms with Gasteiger partial charge in [0.15, 0.2) is 0 Å². The van der Waals surface area contributed by atoms with Crippen LogP contribution in [0.25, 0.3) is 0 Å². The molecular formula is C17H29N3. The maximum Gasteiger partial charge on any atom is 0.203 e. The molecule has 0 amide bonds. The molecule has 2 aliphatic carbocycles. The Kier molecular flexibility index (Phi) is 4.32. The largest absolute Gasteiger partial charge is 0.353 e. The number of anilines is 1. The van der Waals surface area contributed by atoms with Crippen LogP contribution in [0.4, 0.5) is 5.95 Å². The lowest BCUT2D eigenvalue weighted by molar-refractivity contribution is 0.345. The van der Waals surface area contributed by atoms with Crippen LogP contribution in [0.1, 0.15) is 76.4 Å². The number of nitrogens with zero attached hydrogens (tertiary/aromatic N) is 2. The van der Waals surface area contributed by atoms with Gasteiger partial charge in [0.2, 0.25) is 5.95 Å². The summed E-state index contributed by atoms with van der Waals surface area (Å²) in [6.07, 6.45) is 14.4. The Morgan fingerprint density at radius 3 is 2.45 bits per heavy atom. The van der Waals surface area contributed by atoms with Crippen molar-refractivity contribution in [2.24, 2.45) is 5.92 Å². The lowest BCUT2D eigenvalue weighted by Crippen LogP contribution is -2.27. The second-order valence-electron chi connectivity index (χ2n) is 7.01. The molecule has 0 aliphatic heterocycles. The molecule has 0 bridgehead atoms. The van der Waals surface area contributed by atoms with Crippen LogP contribution < -0.4 is 5.32 Å². The van der Waals surface area contributed by atoms with Crippen LogP contribution in [0.3, 0.4) is 0 Å². The molecule has 1 aromatic heterocycles. The van der Waals surface area contributed by atoms with Gasteiger partial charge in [-0.05, 0) is 51.4 Å². The normalized spacial score (nSPS) is 28.5. The van der Waals surface area contributed by atoms with Gasteiger partial charge in [-0.1, -0.05) is 26.2 Å². The van der Waals surface area contributed by atoms with E-state index in [-0.39, 0.29) is 0 Å². The highest BCUT2D eigenvalue weighted by atomic mass is 15.2. The Morgan fingerprint density at radius 1 is 1.05 bits per heavy atom. The van der Waals surface area contributed by atoms with Gasteiger partial charge in [-0.25, -0.2) is 4.98 Å². The molecule has 3 heteroatoms. The van der Waals surface area contributed by atoms with Crippen molar-refractivity contribution in [3.8, 4) is 0 Å². The molecule has 0 atom stereocenters. The van der Waals surface area contributed by atoms with Crippen molar-refractivity contribution in [1.29, 1.82) is 0 Å². The van der Waals surface area contributed by atoms with Gasteiger partial charge in [0.05, 0.1) is 5.69 Å². The van der Waals surface area contributed by atoms with Crippen molar-refractivity contribution in [3.05, 3.63) is 11.9 Å². The van der Waals surface area contributed by atoms with E-state index in [1.54, 1.807) is 0 Å². The average Bonchev–Trinajstić information content (AvgIpc) is 2.83. The number of hydrogen-bond donors (Lipinski definition) is 1. The first-order valence-corrected chi connectivity index (χ1v) is 8.54. The predicted octanol–water partition coefficient (Wildman–Crippen LogP) is 4.69. The number of hydrogen-bond acceptors (Lipinski definition) is 2. The van der Waals surface area contributed by atoms with Crippen molar-refractivity contribution >= 4 is 5.95 Å². The Labute approximate surface area is 123 Å². The van der Waals surface area contributed by atoms with E-state index in [9.17, 15) is 0 Å². The zero-order chi connectivity index (χ0) is 13.9. The number of nitrogens with one attached hydrogen (secondary N) is 1. The minimum absolute atomic E-state index is 0.635. The smallest absolute Gasteiger partial charge is 0.203 e. The Balaban J connectivity index is 1.69. The summed E-state index contributed by atoms with van der Waals surface area (Å²) in [7, 11) is 0. The van der Waals surface area contributed by atoms with Crippen LogP contribution in [-0.2, 0) is 0 Å². The van der Waals surface area contributed by atoms with Gasteiger partial charge in [-0.3, -0.25) is 0 Å². The van der Waals surface area contributed by atoms with Crippen LogP contribution in [0.5, 0.6) is 0 Å². The summed E-state index contributed by atoms with van der Waals surface area (Å²) in [5, 5.41) is 3.74. The summed E-state index contributed by atoms with van der Waals surface area (Å²) in [6.45, 7) is 4.50. The summed E-state index contributed by atoms with van der Waals surface area (Å²) >= 11 is 0. The maximum absolute atomic E-state index is 4.75. The first kappa shape index (κ1) is 14.0. The fourth-order valence-corrected chi connectivity index (χ4v) is 3.85. The van der Waals surface area contributed by atoms with Crippen molar-refractivity contribution in [2.45, 2.75) is 83.7 Å². The maximum atomic E-state index is 4.75. The zero-order valence-corrected chi connectivity index (χ0v) is 13.1. The van der Waals surface area contributed by atoms with Crippen LogP contribution in [0.15, 0.2) is 6.20 Å². The molecule has 0 unspecified atom stereocenters. The highest BCUT2D eigenvalue weighted by Crippen LogP contribution is 2.32. The summed E-state index contributed by atoms with van der Waals surface area (Å²) in [5.41, 5.74) is 1.15. The summed E-state index contributed by atoms with van der Waals surface area (Å²) in [4.78, 5) is 4.75. The van der Waals surface area contributed by atoms with E-state index in [0.29, 0.717) is 12.1 Å². The Bertz CT molecular complexity index is 423. The molecule has 0 radical (unpaired) electrons. The van der Waals surface area contributed by atoms with Crippen molar-refractivity contribution in [1.82, 2.24) is 9.55 Å². The third kappa shape index (κ3) is 3.18. The number of aromatic nitrogens is 2. The molecule has 0 saturated heterocycles. The quantitative estimate of drug-likeness (QED) is 0.867. The fraction of sp³-hybridized carbons (Fsp3) is 0.824. The van der Waals surface area contributed by atoms with Crippen molar-refractivity contribution in [2.75, 3.05) is 5.32 Å². The van der Waals surface area contributed by atoms with Gasteiger partial charge in [0.1, 0.15) is 0 Å². The molecule has 1 heterocycles. The molecule has 2 saturated carbocycles. The topological polar surface area (TPSA) is 29.9 Å². The van der Waals surface area contributed by atoms with E-state index in [1.807, 2.05) is 0 Å². The molecule has 2 aliphatic rings. The Morgan fingerprint density at radius 2 is 1.75 bits per heavy atom. The van der Waals surface area contributed by atoms with Gasteiger partial charge in [0, 0.05) is 18.3 Å². The molecule has 0 spiro atoms. The third-order valence-corrected chi connectivity index (χ3v) is 5.17. The van der Waals surface area contributed by atoms with E-state index in [4.69, 9.17) is 4.98 Å². The van der Waals surface area contributed by atoms with Crippen LogP contribution in [-0.4, -0.2) is 15.6 Å². The second-order valence-corrected chi connectivity index (χ2v) is 7.01. The molecular weight excluding hydrogens is 246 g/mol. The molecule has 1 aromatic rings. The van der Waals surface area contributed by atoms with E-state index in [1.165, 1.54) is 57.8 Å². The minimum atomic E-state index is 0.635. The van der Waals surface area contributed by atoms with Crippen LogP contribution >= 0.6 is 0 Å². The highest BCUT2D eigenvalue weighted by Gasteiger charge is 2.22. The summed E-state index contributed by atoms with van der Waals surface area (Å²) in [6, 6.07) is 1.31. The van der Waals surface area contributed by atoms with E-state index >= 15 is 0 Å². The lowest BCUT2D eigenvalue weighted by Gasteiger charge is -2.29. The van der Waals surface area contributed by atoms with E-state index in [2.05, 4.69) is 29.9 Å². The van der Waals surface area contributed by atoms with Gasteiger partial charge in [-0.15, -0.1) is 0 Å². The van der Waals surface area contributed by atoms with Gasteiger partial charge >= 0.3 is 0 Å². The molecule has 3 rings (SSSR count). The molecule has 0 aromatic carbocycles. The van der Waals surface area contributed by atoms with Crippen molar-refractivity contribution < 1.29 is 0 Å². The van der Waals surface area contributed by atoms with Crippen LogP contribution in [0, 0.1) is 12.8 Å². The molecule has 112 valence electrons.